The van der Waals surface area contributed by atoms with Crippen molar-refractivity contribution in [3.05, 3.63) is 53.6 Å². The number of rotatable bonds is 7. The topological polar surface area (TPSA) is 64.6 Å². The molecule has 2 aromatic carbocycles. The largest absolute Gasteiger partial charge is 0.493 e. The molecule has 1 amide bonds. The number of hydrogen-bond acceptors (Lipinski definition) is 4. The van der Waals surface area contributed by atoms with Gasteiger partial charge in [0.15, 0.2) is 24.4 Å². The number of ether oxygens (including phenoxy) is 2. The normalized spacial score (nSPS) is 10.0. The van der Waals surface area contributed by atoms with Gasteiger partial charge in [0.25, 0.3) is 5.91 Å². The molecule has 0 saturated heterocycles. The number of aryl methyl sites for hydroxylation is 1. The maximum absolute atomic E-state index is 12.0. The van der Waals surface area contributed by atoms with E-state index in [0.29, 0.717) is 23.3 Å². The molecule has 0 heterocycles. The maximum atomic E-state index is 12.0. The number of hydrogen-bond donors (Lipinski definition) is 1. The van der Waals surface area contributed by atoms with E-state index in [0.717, 1.165) is 6.42 Å². The van der Waals surface area contributed by atoms with Gasteiger partial charge in [0.2, 0.25) is 0 Å². The molecule has 0 unspecified atom stereocenters. The Bertz CT molecular complexity index is 680. The number of anilines is 1. The van der Waals surface area contributed by atoms with Crippen LogP contribution in [0.2, 0.25) is 0 Å². The molecule has 0 fully saturated rings. The number of benzene rings is 2. The van der Waals surface area contributed by atoms with Crippen molar-refractivity contribution in [1.29, 1.82) is 0 Å². The lowest BCUT2D eigenvalue weighted by atomic mass is 10.1. The standard InChI is InChI=1S/C18H19NO4/c1-3-13-7-9-15(10-8-13)19-17(21)12-23-18-14(11-20)5-4-6-16(18)22-2/h4-11H,3,12H2,1-2H3,(H,19,21). The highest BCUT2D eigenvalue weighted by Gasteiger charge is 2.12. The molecule has 1 N–H and O–H groups in total. The van der Waals surface area contributed by atoms with Gasteiger partial charge in [-0.2, -0.15) is 0 Å². The highest BCUT2D eigenvalue weighted by molar-refractivity contribution is 5.92. The monoisotopic (exact) mass is 313 g/mol. The highest BCUT2D eigenvalue weighted by Crippen LogP contribution is 2.29. The third-order valence-electron chi connectivity index (χ3n) is 3.35. The first-order valence-corrected chi connectivity index (χ1v) is 7.31. The second-order valence-electron chi connectivity index (χ2n) is 4.88. The molecule has 0 aliphatic rings. The third kappa shape index (κ3) is 4.32. The van der Waals surface area contributed by atoms with Gasteiger partial charge in [0.1, 0.15) is 0 Å². The Morgan fingerprint density at radius 2 is 1.91 bits per heavy atom. The van der Waals surface area contributed by atoms with Gasteiger partial charge in [0.05, 0.1) is 12.7 Å². The zero-order chi connectivity index (χ0) is 16.7. The zero-order valence-corrected chi connectivity index (χ0v) is 13.2. The lowest BCUT2D eigenvalue weighted by Crippen LogP contribution is -2.20. The van der Waals surface area contributed by atoms with E-state index in [9.17, 15) is 9.59 Å². The summed E-state index contributed by atoms with van der Waals surface area (Å²) in [6, 6.07) is 12.6. The molecular weight excluding hydrogens is 294 g/mol. The second kappa shape index (κ2) is 7.98. The molecule has 0 atom stereocenters. The molecule has 120 valence electrons. The summed E-state index contributed by atoms with van der Waals surface area (Å²) in [4.78, 5) is 23.0. The summed E-state index contributed by atoms with van der Waals surface area (Å²) in [5.41, 5.74) is 2.24. The Hall–Kier alpha value is -2.82. The van der Waals surface area contributed by atoms with Crippen LogP contribution in [0.5, 0.6) is 11.5 Å². The van der Waals surface area contributed by atoms with E-state index in [1.807, 2.05) is 24.3 Å². The van der Waals surface area contributed by atoms with Crippen LogP contribution in [-0.4, -0.2) is 25.9 Å². The Labute approximate surface area is 135 Å². The molecule has 2 aromatic rings. The van der Waals surface area contributed by atoms with Crippen molar-refractivity contribution in [2.75, 3.05) is 19.0 Å². The van der Waals surface area contributed by atoms with Gasteiger partial charge in [-0.3, -0.25) is 9.59 Å². The Balaban J connectivity index is 2.00. The third-order valence-corrected chi connectivity index (χ3v) is 3.35. The van der Waals surface area contributed by atoms with Crippen molar-refractivity contribution in [2.24, 2.45) is 0 Å². The van der Waals surface area contributed by atoms with Crippen LogP contribution in [-0.2, 0) is 11.2 Å². The molecule has 0 saturated carbocycles. The molecule has 0 aromatic heterocycles. The molecule has 2 rings (SSSR count). The fourth-order valence-corrected chi connectivity index (χ4v) is 2.10. The fraction of sp³-hybridized carbons (Fsp3) is 0.222. The minimum Gasteiger partial charge on any atom is -0.493 e. The SMILES string of the molecule is CCc1ccc(NC(=O)COc2c(C=O)cccc2OC)cc1. The van der Waals surface area contributed by atoms with Gasteiger partial charge in [-0.15, -0.1) is 0 Å². The molecule has 0 aliphatic heterocycles. The van der Waals surface area contributed by atoms with E-state index in [-0.39, 0.29) is 18.3 Å². The minimum absolute atomic E-state index is 0.212. The molecule has 0 aliphatic carbocycles. The Morgan fingerprint density at radius 1 is 1.17 bits per heavy atom. The molecule has 0 spiro atoms. The van der Waals surface area contributed by atoms with Crippen LogP contribution in [0.15, 0.2) is 42.5 Å². The zero-order valence-electron chi connectivity index (χ0n) is 13.2. The number of methoxy groups -OCH3 is 1. The fourth-order valence-electron chi connectivity index (χ4n) is 2.10. The van der Waals surface area contributed by atoms with Crippen LogP contribution in [0.1, 0.15) is 22.8 Å². The van der Waals surface area contributed by atoms with Crippen LogP contribution in [0.4, 0.5) is 5.69 Å². The van der Waals surface area contributed by atoms with Crippen molar-refractivity contribution in [2.45, 2.75) is 13.3 Å². The summed E-state index contributed by atoms with van der Waals surface area (Å²) in [7, 11) is 1.48. The van der Waals surface area contributed by atoms with Gasteiger partial charge < -0.3 is 14.8 Å². The number of amides is 1. The first-order valence-electron chi connectivity index (χ1n) is 7.31. The van der Waals surface area contributed by atoms with E-state index < -0.39 is 0 Å². The van der Waals surface area contributed by atoms with Gasteiger partial charge in [-0.1, -0.05) is 25.1 Å². The Morgan fingerprint density at radius 3 is 2.52 bits per heavy atom. The second-order valence-corrected chi connectivity index (χ2v) is 4.88. The minimum atomic E-state index is -0.308. The van der Waals surface area contributed by atoms with Crippen molar-refractivity contribution in [3.63, 3.8) is 0 Å². The van der Waals surface area contributed by atoms with Crippen molar-refractivity contribution < 1.29 is 19.1 Å². The van der Waals surface area contributed by atoms with Crippen LogP contribution in [0, 0.1) is 0 Å². The number of para-hydroxylation sites is 1. The summed E-state index contributed by atoms with van der Waals surface area (Å²) < 4.78 is 10.6. The van der Waals surface area contributed by atoms with Crippen molar-refractivity contribution in [3.8, 4) is 11.5 Å². The van der Waals surface area contributed by atoms with E-state index >= 15 is 0 Å². The average molecular weight is 313 g/mol. The van der Waals surface area contributed by atoms with Gasteiger partial charge in [0, 0.05) is 5.69 Å². The van der Waals surface area contributed by atoms with Crippen molar-refractivity contribution >= 4 is 17.9 Å². The van der Waals surface area contributed by atoms with E-state index in [1.54, 1.807) is 18.2 Å². The van der Waals surface area contributed by atoms with Crippen molar-refractivity contribution in [1.82, 2.24) is 0 Å². The molecular formula is C18H19NO4. The molecule has 5 nitrogen and oxygen atoms in total. The summed E-state index contributed by atoms with van der Waals surface area (Å²) in [6.45, 7) is 1.86. The molecule has 5 heteroatoms. The summed E-state index contributed by atoms with van der Waals surface area (Å²) >= 11 is 0. The van der Waals surface area contributed by atoms with Crippen LogP contribution < -0.4 is 14.8 Å². The first kappa shape index (κ1) is 16.5. The predicted molar refractivity (Wildman–Crippen MR) is 88.3 cm³/mol. The summed E-state index contributed by atoms with van der Waals surface area (Å²) in [5.74, 6) is 0.369. The lowest BCUT2D eigenvalue weighted by molar-refractivity contribution is -0.118. The molecule has 0 bridgehead atoms. The summed E-state index contributed by atoms with van der Waals surface area (Å²) in [6.07, 6.45) is 1.61. The first-order chi connectivity index (χ1) is 11.2. The number of carbonyl (C=O) groups is 2. The quantitative estimate of drug-likeness (QED) is 0.798. The lowest BCUT2D eigenvalue weighted by Gasteiger charge is -2.12. The molecule has 23 heavy (non-hydrogen) atoms. The Kier molecular flexibility index (Phi) is 5.74. The van der Waals surface area contributed by atoms with Gasteiger partial charge in [-0.25, -0.2) is 0 Å². The van der Waals surface area contributed by atoms with Gasteiger partial charge >= 0.3 is 0 Å². The number of carbonyl (C=O) groups excluding carboxylic acids is 2. The van der Waals surface area contributed by atoms with Crippen LogP contribution in [0.25, 0.3) is 0 Å². The molecule has 0 radical (unpaired) electrons. The van der Waals surface area contributed by atoms with E-state index in [1.165, 1.54) is 12.7 Å². The van der Waals surface area contributed by atoms with E-state index in [4.69, 9.17) is 9.47 Å². The van der Waals surface area contributed by atoms with Crippen LogP contribution >= 0.6 is 0 Å². The summed E-state index contributed by atoms with van der Waals surface area (Å²) in [5, 5.41) is 2.75. The van der Waals surface area contributed by atoms with Crippen LogP contribution in [0.3, 0.4) is 0 Å². The number of nitrogens with one attached hydrogen (secondary N) is 1. The van der Waals surface area contributed by atoms with E-state index in [2.05, 4.69) is 12.2 Å². The smallest absolute Gasteiger partial charge is 0.262 e. The maximum Gasteiger partial charge on any atom is 0.262 e. The highest BCUT2D eigenvalue weighted by atomic mass is 16.5. The average Bonchev–Trinajstić information content (AvgIpc) is 2.60. The predicted octanol–water partition coefficient (Wildman–Crippen LogP) is 3.09. The van der Waals surface area contributed by atoms with Gasteiger partial charge in [-0.05, 0) is 36.2 Å². The number of aldehydes is 1.